The molecule has 1 aliphatic rings. The van der Waals surface area contributed by atoms with Crippen LogP contribution in [0.15, 0.2) is 35.2 Å². The first-order valence-electron chi connectivity index (χ1n) is 8.95. The normalized spacial score (nSPS) is 18.8. The van der Waals surface area contributed by atoms with Gasteiger partial charge in [-0.2, -0.15) is 0 Å². The number of benzene rings is 1. The number of rotatable bonds is 6. The van der Waals surface area contributed by atoms with E-state index in [0.717, 1.165) is 30.6 Å². The van der Waals surface area contributed by atoms with E-state index in [9.17, 15) is 9.90 Å². The zero-order valence-corrected chi connectivity index (χ0v) is 15.8. The Balaban J connectivity index is 2.06. The minimum absolute atomic E-state index is 0.215. The van der Waals surface area contributed by atoms with Crippen LogP contribution in [0, 0.1) is 11.8 Å². The van der Waals surface area contributed by atoms with Gasteiger partial charge in [0.2, 0.25) is 0 Å². The maximum Gasteiger partial charge on any atom is 0.312 e. The Morgan fingerprint density at radius 2 is 1.83 bits per heavy atom. The molecular formula is C20H30O3S. The third-order valence-corrected chi connectivity index (χ3v) is 5.56. The van der Waals surface area contributed by atoms with Gasteiger partial charge in [-0.3, -0.25) is 4.79 Å². The van der Waals surface area contributed by atoms with Gasteiger partial charge in [0.05, 0.1) is 12.0 Å². The first kappa shape index (κ1) is 19.3. The molecule has 2 atom stereocenters. The van der Waals surface area contributed by atoms with Gasteiger partial charge in [0, 0.05) is 10.6 Å². The van der Waals surface area contributed by atoms with E-state index in [1.165, 1.54) is 6.42 Å². The number of aliphatic hydroxyl groups is 1. The van der Waals surface area contributed by atoms with E-state index in [1.54, 1.807) is 11.8 Å². The Hall–Kier alpha value is -1.00. The summed E-state index contributed by atoms with van der Waals surface area (Å²) in [6, 6.07) is 10.0. The lowest BCUT2D eigenvalue weighted by molar-refractivity contribution is -0.164. The van der Waals surface area contributed by atoms with Crippen LogP contribution in [0.2, 0.25) is 0 Å². The number of carbonyl (C=O) groups excluding carboxylic acids is 1. The van der Waals surface area contributed by atoms with Crippen molar-refractivity contribution in [2.45, 2.75) is 69.5 Å². The number of aliphatic hydroxyl groups excluding tert-OH is 1. The maximum absolute atomic E-state index is 12.7. The van der Waals surface area contributed by atoms with Crippen molar-refractivity contribution in [1.29, 1.82) is 0 Å². The molecule has 24 heavy (non-hydrogen) atoms. The van der Waals surface area contributed by atoms with Crippen LogP contribution in [-0.2, 0) is 9.53 Å². The zero-order valence-electron chi connectivity index (χ0n) is 15.0. The van der Waals surface area contributed by atoms with Crippen molar-refractivity contribution in [1.82, 2.24) is 0 Å². The van der Waals surface area contributed by atoms with Crippen molar-refractivity contribution >= 4 is 17.7 Å². The summed E-state index contributed by atoms with van der Waals surface area (Å²) in [4.78, 5) is 13.8. The zero-order chi connectivity index (χ0) is 17.6. The summed E-state index contributed by atoms with van der Waals surface area (Å²) in [7, 11) is 0. The van der Waals surface area contributed by atoms with Crippen LogP contribution in [0.4, 0.5) is 0 Å². The summed E-state index contributed by atoms with van der Waals surface area (Å²) in [5.74, 6) is 0.0190. The van der Waals surface area contributed by atoms with Crippen molar-refractivity contribution in [2.75, 3.05) is 5.75 Å². The van der Waals surface area contributed by atoms with Gasteiger partial charge in [-0.25, -0.2) is 0 Å². The third-order valence-electron chi connectivity index (χ3n) is 4.43. The Morgan fingerprint density at radius 3 is 2.42 bits per heavy atom. The number of hydrogen-bond acceptors (Lipinski definition) is 4. The fraction of sp³-hybridized carbons (Fsp3) is 0.650. The number of esters is 1. The largest absolute Gasteiger partial charge is 0.460 e. The highest BCUT2D eigenvalue weighted by atomic mass is 32.2. The van der Waals surface area contributed by atoms with E-state index in [1.807, 2.05) is 51.1 Å². The summed E-state index contributed by atoms with van der Waals surface area (Å²) < 4.78 is 5.59. The molecule has 0 aliphatic heterocycles. The highest BCUT2D eigenvalue weighted by Gasteiger charge is 2.36. The molecule has 1 aliphatic carbocycles. The van der Waals surface area contributed by atoms with E-state index >= 15 is 0 Å². The second kappa shape index (κ2) is 8.91. The summed E-state index contributed by atoms with van der Waals surface area (Å²) in [6.07, 6.45) is 4.94. The van der Waals surface area contributed by atoms with E-state index in [-0.39, 0.29) is 11.9 Å². The third kappa shape index (κ3) is 6.14. The number of thioether (sulfide) groups is 1. The lowest BCUT2D eigenvalue weighted by atomic mass is 9.81. The maximum atomic E-state index is 12.7. The summed E-state index contributed by atoms with van der Waals surface area (Å²) >= 11 is 1.61. The molecule has 3 nitrogen and oxygen atoms in total. The van der Waals surface area contributed by atoms with Gasteiger partial charge in [0.25, 0.3) is 0 Å². The molecule has 0 spiro atoms. The predicted molar refractivity (Wildman–Crippen MR) is 99.1 cm³/mol. The molecule has 0 unspecified atom stereocenters. The number of hydrogen-bond donors (Lipinski definition) is 1. The van der Waals surface area contributed by atoms with Crippen LogP contribution in [-0.4, -0.2) is 28.5 Å². The lowest BCUT2D eigenvalue weighted by Gasteiger charge is -2.32. The van der Waals surface area contributed by atoms with E-state index < -0.39 is 17.6 Å². The molecule has 1 aromatic rings. The van der Waals surface area contributed by atoms with Crippen molar-refractivity contribution in [3.8, 4) is 0 Å². The highest BCUT2D eigenvalue weighted by molar-refractivity contribution is 7.99. The standard InChI is InChI=1S/C20H30O3S/c1-20(2,3)23-19(22)17(14-24-16-12-8-5-9-13-16)18(21)15-10-6-4-7-11-15/h5,8-9,12-13,15,17-18,21H,4,6-7,10-11,14H2,1-3H3/t17-,18-/m1/s1. The average molecular weight is 351 g/mol. The van der Waals surface area contributed by atoms with Crippen LogP contribution in [0.3, 0.4) is 0 Å². The number of carbonyl (C=O) groups is 1. The molecule has 1 aromatic carbocycles. The Bertz CT molecular complexity index is 503. The molecule has 0 amide bonds. The molecule has 0 saturated heterocycles. The molecule has 1 saturated carbocycles. The van der Waals surface area contributed by atoms with Crippen LogP contribution in [0.1, 0.15) is 52.9 Å². The van der Waals surface area contributed by atoms with Gasteiger partial charge < -0.3 is 9.84 Å². The molecule has 0 bridgehead atoms. The second-order valence-corrected chi connectivity index (χ2v) is 8.75. The molecular weight excluding hydrogens is 320 g/mol. The van der Waals surface area contributed by atoms with Crippen molar-refractivity contribution in [2.24, 2.45) is 11.8 Å². The van der Waals surface area contributed by atoms with Gasteiger partial charge >= 0.3 is 5.97 Å². The first-order valence-corrected chi connectivity index (χ1v) is 9.94. The fourth-order valence-electron chi connectivity index (χ4n) is 3.19. The lowest BCUT2D eigenvalue weighted by Crippen LogP contribution is -2.40. The minimum Gasteiger partial charge on any atom is -0.460 e. The first-order chi connectivity index (χ1) is 11.4. The van der Waals surface area contributed by atoms with Crippen LogP contribution in [0.25, 0.3) is 0 Å². The van der Waals surface area contributed by atoms with Gasteiger partial charge in [-0.05, 0) is 51.7 Å². The molecule has 4 heteroatoms. The van der Waals surface area contributed by atoms with Gasteiger partial charge in [0.15, 0.2) is 0 Å². The second-order valence-electron chi connectivity index (χ2n) is 7.65. The molecule has 134 valence electrons. The summed E-state index contributed by atoms with van der Waals surface area (Å²) in [6.45, 7) is 5.62. The topological polar surface area (TPSA) is 46.5 Å². The minimum atomic E-state index is -0.614. The average Bonchev–Trinajstić information content (AvgIpc) is 2.55. The fourth-order valence-corrected chi connectivity index (χ4v) is 4.25. The monoisotopic (exact) mass is 350 g/mol. The van der Waals surface area contributed by atoms with Crippen LogP contribution in [0.5, 0.6) is 0 Å². The van der Waals surface area contributed by atoms with E-state index in [0.29, 0.717) is 5.75 Å². The van der Waals surface area contributed by atoms with Crippen LogP contribution >= 0.6 is 11.8 Å². The quantitative estimate of drug-likeness (QED) is 0.598. The summed E-state index contributed by atoms with van der Waals surface area (Å²) in [5.41, 5.74) is -0.529. The summed E-state index contributed by atoms with van der Waals surface area (Å²) in [5, 5.41) is 10.9. The molecule has 0 radical (unpaired) electrons. The van der Waals surface area contributed by atoms with Gasteiger partial charge in [-0.15, -0.1) is 11.8 Å². The smallest absolute Gasteiger partial charge is 0.312 e. The van der Waals surface area contributed by atoms with Crippen molar-refractivity contribution < 1.29 is 14.6 Å². The van der Waals surface area contributed by atoms with Gasteiger partial charge in [-0.1, -0.05) is 37.5 Å². The molecule has 1 fully saturated rings. The van der Waals surface area contributed by atoms with Gasteiger partial charge in [0.1, 0.15) is 5.60 Å². The van der Waals surface area contributed by atoms with Crippen molar-refractivity contribution in [3.63, 3.8) is 0 Å². The molecule has 0 heterocycles. The van der Waals surface area contributed by atoms with Crippen LogP contribution < -0.4 is 0 Å². The SMILES string of the molecule is CC(C)(C)OC(=O)[C@H](CSc1ccccc1)[C@H](O)C1CCCCC1. The highest BCUT2D eigenvalue weighted by Crippen LogP contribution is 2.33. The number of ether oxygens (including phenoxy) is 1. The molecule has 2 rings (SSSR count). The van der Waals surface area contributed by atoms with E-state index in [4.69, 9.17) is 4.74 Å². The Kier molecular flexibility index (Phi) is 7.17. The van der Waals surface area contributed by atoms with Crippen molar-refractivity contribution in [3.05, 3.63) is 30.3 Å². The molecule has 1 N–H and O–H groups in total. The Labute approximate surface area is 150 Å². The van der Waals surface area contributed by atoms with E-state index in [2.05, 4.69) is 0 Å². The molecule has 0 aromatic heterocycles. The Morgan fingerprint density at radius 1 is 1.21 bits per heavy atom. The predicted octanol–water partition coefficient (Wildman–Crippen LogP) is 4.68.